The minimum absolute atomic E-state index is 0.455. The molecule has 0 saturated heterocycles. The second-order valence-electron chi connectivity index (χ2n) is 15.9. The molecule has 0 spiro atoms. The summed E-state index contributed by atoms with van der Waals surface area (Å²) < 4.78 is 17.2. The maximum Gasteiger partial charge on any atom is 0.165 e. The predicted molar refractivity (Wildman–Crippen MR) is 261 cm³/mol. The van der Waals surface area contributed by atoms with Crippen molar-refractivity contribution in [3.05, 3.63) is 194 Å². The van der Waals surface area contributed by atoms with Gasteiger partial charge in [-0.05, 0) is 54.6 Å². The molecule has 0 amide bonds. The fraction of sp³-hybridized carbons (Fsp3) is 0. The molecule has 0 unspecified atom stereocenters. The number of hydrogen-bond donors (Lipinski definition) is 1. The molecule has 0 aliphatic heterocycles. The zero-order valence-corrected chi connectivity index (χ0v) is 34.1. The van der Waals surface area contributed by atoms with E-state index in [0.717, 1.165) is 98.6 Å². The van der Waals surface area contributed by atoms with E-state index in [0.29, 0.717) is 28.7 Å². The van der Waals surface area contributed by atoms with Crippen molar-refractivity contribution in [1.82, 2.24) is 24.1 Å². The highest BCUT2D eigenvalue weighted by Gasteiger charge is 2.22. The SMILES string of the molecule is N=C/C(=C\C(=C\n1c2ccccc2c2c3c(ccc21)oc1ccccc13)c1nc(-c2ccccc2)nc(-c2ccccc2)n1)n1c2ccccc2c2c3c(ccc21)oc1ccccc13. The van der Waals surface area contributed by atoms with Crippen LogP contribution < -0.4 is 0 Å². The van der Waals surface area contributed by atoms with E-state index in [-0.39, 0.29) is 0 Å². The fourth-order valence-electron chi connectivity index (χ4n) is 9.56. The number of nitrogens with zero attached hydrogens (tertiary/aromatic N) is 5. The van der Waals surface area contributed by atoms with E-state index in [4.69, 9.17) is 23.8 Å². The lowest BCUT2D eigenvalue weighted by Crippen LogP contribution is -2.05. The van der Waals surface area contributed by atoms with Crippen molar-refractivity contribution in [3.63, 3.8) is 0 Å². The summed E-state index contributed by atoms with van der Waals surface area (Å²) in [6.45, 7) is 0. The molecule has 0 saturated carbocycles. The zero-order chi connectivity index (χ0) is 42.3. The first-order valence-corrected chi connectivity index (χ1v) is 21.2. The van der Waals surface area contributed by atoms with Crippen LogP contribution in [0, 0.1) is 5.41 Å². The van der Waals surface area contributed by atoms with Gasteiger partial charge < -0.3 is 23.4 Å². The lowest BCUT2D eigenvalue weighted by atomic mass is 10.1. The van der Waals surface area contributed by atoms with Gasteiger partial charge in [0.25, 0.3) is 0 Å². The quantitative estimate of drug-likeness (QED) is 0.127. The Bertz CT molecular complexity index is 4040. The Morgan fingerprint density at radius 1 is 0.422 bits per heavy atom. The largest absolute Gasteiger partial charge is 0.456 e. The van der Waals surface area contributed by atoms with E-state index in [1.165, 1.54) is 6.21 Å². The summed E-state index contributed by atoms with van der Waals surface area (Å²) in [6, 6.07) is 61.5. The van der Waals surface area contributed by atoms with E-state index in [9.17, 15) is 5.41 Å². The summed E-state index contributed by atoms with van der Waals surface area (Å²) in [7, 11) is 0. The minimum atomic E-state index is 0.455. The van der Waals surface area contributed by atoms with E-state index in [1.807, 2.05) is 109 Å². The Morgan fingerprint density at radius 3 is 1.50 bits per heavy atom. The molecule has 0 bridgehead atoms. The van der Waals surface area contributed by atoms with Crippen molar-refractivity contribution in [2.45, 2.75) is 0 Å². The third-order valence-corrected chi connectivity index (χ3v) is 12.3. The first kappa shape index (κ1) is 35.8. The molecule has 13 aromatic rings. The van der Waals surface area contributed by atoms with E-state index >= 15 is 0 Å². The monoisotopic (exact) mass is 822 g/mol. The highest BCUT2D eigenvalue weighted by molar-refractivity contribution is 6.30. The molecule has 8 heteroatoms. The maximum absolute atomic E-state index is 9.19. The van der Waals surface area contributed by atoms with Gasteiger partial charge in [-0.3, -0.25) is 0 Å². The standard InChI is InChI=1S/C56H34N6O2/c57-32-37(62-43-24-12-8-20-39(43)51-45(62)28-30-49-53(51)41-22-10-14-26-47(41)64-49)31-36(56-59-54(34-15-3-1-4-16-34)58-55(60-56)35-17-5-2-6-18-35)33-61-42-23-11-7-19-38(42)50-44(61)27-29-48-52(50)40-21-9-13-25-46(40)63-48/h1-33,57H/b36-33-,37-31+,57-32?. The molecule has 1 N–H and O–H groups in total. The molecule has 0 atom stereocenters. The molecule has 8 aromatic carbocycles. The van der Waals surface area contributed by atoms with Gasteiger partial charge in [0.2, 0.25) is 0 Å². The Morgan fingerprint density at radius 2 is 0.906 bits per heavy atom. The number of para-hydroxylation sites is 4. The Labute approximate surface area is 364 Å². The van der Waals surface area contributed by atoms with Crippen LogP contribution in [0.1, 0.15) is 5.82 Å². The van der Waals surface area contributed by atoms with E-state index in [1.54, 1.807) is 0 Å². The first-order chi connectivity index (χ1) is 31.7. The van der Waals surface area contributed by atoms with Crippen LogP contribution in [0.15, 0.2) is 197 Å². The highest BCUT2D eigenvalue weighted by Crippen LogP contribution is 2.43. The Balaban J connectivity index is 1.14. The number of benzene rings is 8. The van der Waals surface area contributed by atoms with Crippen LogP contribution in [0.5, 0.6) is 0 Å². The van der Waals surface area contributed by atoms with Crippen molar-refractivity contribution in [1.29, 1.82) is 5.41 Å². The molecule has 64 heavy (non-hydrogen) atoms. The molecule has 5 heterocycles. The average Bonchev–Trinajstić information content (AvgIpc) is 4.11. The van der Waals surface area contributed by atoms with Gasteiger partial charge in [-0.15, -0.1) is 0 Å². The summed E-state index contributed by atoms with van der Waals surface area (Å²) in [4.78, 5) is 15.6. The number of rotatable bonds is 7. The number of fused-ring (bicyclic) bond motifs is 14. The molecule has 13 rings (SSSR count). The van der Waals surface area contributed by atoms with Crippen LogP contribution in [0.3, 0.4) is 0 Å². The summed E-state index contributed by atoms with van der Waals surface area (Å²) in [5.74, 6) is 1.54. The van der Waals surface area contributed by atoms with Gasteiger partial charge in [-0.1, -0.05) is 133 Å². The number of furan rings is 2. The van der Waals surface area contributed by atoms with Crippen LogP contribution in [0.25, 0.3) is 128 Å². The molecule has 300 valence electrons. The van der Waals surface area contributed by atoms with Gasteiger partial charge in [0, 0.05) is 72.2 Å². The van der Waals surface area contributed by atoms with Crippen molar-refractivity contribution in [3.8, 4) is 22.8 Å². The number of aromatic nitrogens is 5. The third kappa shape index (κ3) is 5.42. The molecule has 5 aromatic heterocycles. The lowest BCUT2D eigenvalue weighted by molar-refractivity contribution is 0.669. The average molecular weight is 823 g/mol. The van der Waals surface area contributed by atoms with Gasteiger partial charge in [-0.25, -0.2) is 15.0 Å². The topological polar surface area (TPSA) is 98.7 Å². The van der Waals surface area contributed by atoms with Gasteiger partial charge in [-0.2, -0.15) is 0 Å². The van der Waals surface area contributed by atoms with Gasteiger partial charge in [0.05, 0.1) is 27.8 Å². The van der Waals surface area contributed by atoms with Crippen LogP contribution in [-0.2, 0) is 0 Å². The number of allylic oxidation sites excluding steroid dienone is 3. The van der Waals surface area contributed by atoms with Crippen LogP contribution >= 0.6 is 0 Å². The van der Waals surface area contributed by atoms with E-state index in [2.05, 4.69) is 94.2 Å². The number of hydrogen-bond acceptors (Lipinski definition) is 6. The fourth-order valence-corrected chi connectivity index (χ4v) is 9.56. The van der Waals surface area contributed by atoms with Crippen molar-refractivity contribution < 1.29 is 8.83 Å². The summed E-state index contributed by atoms with van der Waals surface area (Å²) in [5.41, 5.74) is 10.3. The van der Waals surface area contributed by atoms with Crippen LogP contribution in [-0.4, -0.2) is 30.3 Å². The summed E-state index contributed by atoms with van der Waals surface area (Å²) in [5, 5.41) is 17.7. The molecular formula is C56H34N6O2. The van der Waals surface area contributed by atoms with Crippen LogP contribution in [0.2, 0.25) is 0 Å². The highest BCUT2D eigenvalue weighted by atomic mass is 16.3. The first-order valence-electron chi connectivity index (χ1n) is 21.2. The molecule has 0 aliphatic carbocycles. The number of nitrogens with one attached hydrogen (secondary N) is 1. The second-order valence-corrected chi connectivity index (χ2v) is 15.9. The third-order valence-electron chi connectivity index (χ3n) is 12.3. The lowest BCUT2D eigenvalue weighted by Gasteiger charge is -2.13. The minimum Gasteiger partial charge on any atom is -0.456 e. The maximum atomic E-state index is 9.19. The second kappa shape index (κ2) is 14.1. The Kier molecular flexibility index (Phi) is 7.89. The molecule has 0 aliphatic rings. The zero-order valence-electron chi connectivity index (χ0n) is 34.1. The summed E-state index contributed by atoms with van der Waals surface area (Å²) >= 11 is 0. The van der Waals surface area contributed by atoms with E-state index < -0.39 is 0 Å². The normalized spacial score (nSPS) is 12.6. The van der Waals surface area contributed by atoms with Gasteiger partial charge in [0.15, 0.2) is 17.5 Å². The Hall–Kier alpha value is -8.88. The smallest absolute Gasteiger partial charge is 0.165 e. The van der Waals surface area contributed by atoms with Crippen LogP contribution in [0.4, 0.5) is 0 Å². The predicted octanol–water partition coefficient (Wildman–Crippen LogP) is 14.4. The summed E-state index contributed by atoms with van der Waals surface area (Å²) in [6.07, 6.45) is 5.56. The van der Waals surface area contributed by atoms with Crippen molar-refractivity contribution in [2.75, 3.05) is 0 Å². The van der Waals surface area contributed by atoms with Gasteiger partial charge >= 0.3 is 0 Å². The van der Waals surface area contributed by atoms with Crippen molar-refractivity contribution >= 4 is 111 Å². The molecule has 0 fully saturated rings. The molecule has 8 nitrogen and oxygen atoms in total. The molecule has 0 radical (unpaired) electrons. The van der Waals surface area contributed by atoms with Crippen molar-refractivity contribution in [2.24, 2.45) is 0 Å². The van der Waals surface area contributed by atoms with Gasteiger partial charge in [0.1, 0.15) is 22.3 Å². The molecular weight excluding hydrogens is 789 g/mol.